The lowest BCUT2D eigenvalue weighted by Gasteiger charge is -2.08. The molecule has 3 aromatic heterocycles. The maximum absolute atomic E-state index is 12.7. The normalized spacial score (nSPS) is 11.6. The molecule has 6 nitrogen and oxygen atoms in total. The number of anilines is 1. The number of carbonyl (C=O) groups excluding carboxylic acids is 1. The molecule has 1 N–H and O–H groups in total. The summed E-state index contributed by atoms with van der Waals surface area (Å²) in [5.74, 6) is 0.0151. The molecule has 3 rings (SSSR count). The van der Waals surface area contributed by atoms with Gasteiger partial charge in [0.25, 0.3) is 0 Å². The third kappa shape index (κ3) is 4.16. The number of hydrogen-bond acceptors (Lipinski definition) is 5. The van der Waals surface area contributed by atoms with Crippen LogP contribution in [-0.2, 0) is 17.4 Å². The monoisotopic (exact) mass is 395 g/mol. The van der Waals surface area contributed by atoms with Gasteiger partial charge in [-0.2, -0.15) is 18.3 Å². The van der Waals surface area contributed by atoms with E-state index in [1.807, 2.05) is 6.92 Å². The number of hydrogen-bond donors (Lipinski definition) is 1. The molecule has 3 aromatic rings. The van der Waals surface area contributed by atoms with Crippen molar-refractivity contribution in [2.75, 3.05) is 5.32 Å². The second-order valence-corrected chi connectivity index (χ2v) is 7.20. The van der Waals surface area contributed by atoms with E-state index in [0.717, 1.165) is 17.1 Å². The zero-order chi connectivity index (χ0) is 19.8. The van der Waals surface area contributed by atoms with Gasteiger partial charge in [-0.25, -0.2) is 14.6 Å². The molecule has 3 heterocycles. The quantitative estimate of drug-likeness (QED) is 0.728. The van der Waals surface area contributed by atoms with Crippen LogP contribution in [0.1, 0.15) is 27.4 Å². The van der Waals surface area contributed by atoms with E-state index in [0.29, 0.717) is 22.1 Å². The zero-order valence-electron chi connectivity index (χ0n) is 14.8. The minimum atomic E-state index is -4.45. The van der Waals surface area contributed by atoms with Crippen LogP contribution in [0.4, 0.5) is 18.3 Å². The minimum absolute atomic E-state index is 0.0803. The Morgan fingerprint density at radius 1 is 1.19 bits per heavy atom. The van der Waals surface area contributed by atoms with Crippen LogP contribution < -0.4 is 5.32 Å². The molecular weight excluding hydrogens is 379 g/mol. The van der Waals surface area contributed by atoms with Crippen LogP contribution >= 0.6 is 11.3 Å². The highest BCUT2D eigenvalue weighted by atomic mass is 32.1. The van der Waals surface area contributed by atoms with Crippen molar-refractivity contribution in [2.45, 2.75) is 33.4 Å². The van der Waals surface area contributed by atoms with Gasteiger partial charge in [-0.15, -0.1) is 11.3 Å². The van der Waals surface area contributed by atoms with Gasteiger partial charge in [0.2, 0.25) is 5.91 Å². The summed E-state index contributed by atoms with van der Waals surface area (Å²) in [4.78, 5) is 21.2. The van der Waals surface area contributed by atoms with Gasteiger partial charge in [-0.3, -0.25) is 4.79 Å². The molecule has 142 valence electrons. The maximum atomic E-state index is 12.7. The highest BCUT2D eigenvalue weighted by Crippen LogP contribution is 2.29. The first-order valence-corrected chi connectivity index (χ1v) is 8.78. The molecule has 1 amide bonds. The molecule has 0 aliphatic carbocycles. The number of nitrogens with zero attached hydrogens (tertiary/aromatic N) is 4. The van der Waals surface area contributed by atoms with Crippen molar-refractivity contribution in [1.82, 2.24) is 19.7 Å². The van der Waals surface area contributed by atoms with E-state index in [2.05, 4.69) is 20.4 Å². The lowest BCUT2D eigenvalue weighted by Crippen LogP contribution is -2.15. The summed E-state index contributed by atoms with van der Waals surface area (Å²) in [6, 6.07) is 2.21. The molecule has 0 unspecified atom stereocenters. The highest BCUT2D eigenvalue weighted by molar-refractivity contribution is 7.15. The number of alkyl halides is 3. The second kappa shape index (κ2) is 7.10. The Kier molecular flexibility index (Phi) is 5.01. The van der Waals surface area contributed by atoms with E-state index in [1.54, 1.807) is 20.0 Å². The summed E-state index contributed by atoms with van der Waals surface area (Å²) in [5, 5.41) is 7.56. The number of carbonyl (C=O) groups is 1. The van der Waals surface area contributed by atoms with Crippen molar-refractivity contribution < 1.29 is 18.0 Å². The van der Waals surface area contributed by atoms with Crippen LogP contribution in [0.15, 0.2) is 24.5 Å². The number of nitrogens with one attached hydrogen (secondary N) is 1. The van der Waals surface area contributed by atoms with Crippen LogP contribution in [0.25, 0.3) is 5.82 Å². The number of aromatic nitrogens is 4. The number of aryl methyl sites for hydroxylation is 2. The maximum Gasteiger partial charge on any atom is 0.417 e. The average molecular weight is 395 g/mol. The zero-order valence-corrected chi connectivity index (χ0v) is 15.6. The van der Waals surface area contributed by atoms with Gasteiger partial charge in [0.05, 0.1) is 17.7 Å². The van der Waals surface area contributed by atoms with Crippen LogP contribution in [0.2, 0.25) is 0 Å². The summed E-state index contributed by atoms with van der Waals surface area (Å²) >= 11 is 1.37. The fraction of sp³-hybridized carbons (Fsp3) is 0.294. The number of rotatable bonds is 4. The van der Waals surface area contributed by atoms with Crippen LogP contribution in [0, 0.1) is 20.8 Å². The molecule has 10 heteroatoms. The van der Waals surface area contributed by atoms with Crippen LogP contribution in [0.5, 0.6) is 0 Å². The van der Waals surface area contributed by atoms with Gasteiger partial charge in [-0.05, 0) is 32.9 Å². The van der Waals surface area contributed by atoms with Gasteiger partial charge in [0.1, 0.15) is 0 Å². The van der Waals surface area contributed by atoms with Crippen molar-refractivity contribution in [1.29, 1.82) is 0 Å². The molecule has 0 spiro atoms. The Hall–Kier alpha value is -2.75. The van der Waals surface area contributed by atoms with E-state index in [4.69, 9.17) is 0 Å². The van der Waals surface area contributed by atoms with Gasteiger partial charge in [-0.1, -0.05) is 0 Å². The van der Waals surface area contributed by atoms with Crippen molar-refractivity contribution >= 4 is 22.4 Å². The van der Waals surface area contributed by atoms with Crippen molar-refractivity contribution in [3.8, 4) is 5.82 Å². The lowest BCUT2D eigenvalue weighted by molar-refractivity contribution is -0.137. The Bertz CT molecular complexity index is 976. The van der Waals surface area contributed by atoms with Gasteiger partial charge >= 0.3 is 6.18 Å². The third-order valence-electron chi connectivity index (χ3n) is 3.94. The van der Waals surface area contributed by atoms with Crippen molar-refractivity contribution in [2.24, 2.45) is 0 Å². The molecule has 0 aromatic carbocycles. The molecule has 0 radical (unpaired) electrons. The Morgan fingerprint density at radius 2 is 1.93 bits per heavy atom. The van der Waals surface area contributed by atoms with Gasteiger partial charge in [0.15, 0.2) is 10.9 Å². The molecule has 0 saturated heterocycles. The Balaban J connectivity index is 1.81. The summed E-state index contributed by atoms with van der Waals surface area (Å²) in [6.07, 6.45) is -1.93. The van der Waals surface area contributed by atoms with Gasteiger partial charge < -0.3 is 5.32 Å². The van der Waals surface area contributed by atoms with Crippen molar-refractivity contribution in [3.63, 3.8) is 0 Å². The smallest absolute Gasteiger partial charge is 0.302 e. The topological polar surface area (TPSA) is 72.7 Å². The van der Waals surface area contributed by atoms with E-state index < -0.39 is 11.7 Å². The highest BCUT2D eigenvalue weighted by Gasteiger charge is 2.30. The lowest BCUT2D eigenvalue weighted by atomic mass is 10.1. The molecule has 0 fully saturated rings. The second-order valence-electron chi connectivity index (χ2n) is 5.97. The average Bonchev–Trinajstić information content (AvgIpc) is 3.12. The first kappa shape index (κ1) is 19.0. The van der Waals surface area contributed by atoms with Crippen LogP contribution in [0.3, 0.4) is 0 Å². The predicted octanol–water partition coefficient (Wildman–Crippen LogP) is 3.85. The number of amides is 1. The fourth-order valence-corrected chi connectivity index (χ4v) is 3.25. The Labute approximate surface area is 157 Å². The Morgan fingerprint density at radius 3 is 2.48 bits per heavy atom. The first-order chi connectivity index (χ1) is 12.6. The van der Waals surface area contributed by atoms with Crippen molar-refractivity contribution in [3.05, 3.63) is 51.9 Å². The molecule has 0 atom stereocenters. The third-order valence-corrected chi connectivity index (χ3v) is 4.77. The molecule has 0 saturated carbocycles. The largest absolute Gasteiger partial charge is 0.417 e. The van der Waals surface area contributed by atoms with E-state index in [9.17, 15) is 18.0 Å². The number of halogens is 3. The van der Waals surface area contributed by atoms with Gasteiger partial charge in [0, 0.05) is 28.5 Å². The van der Waals surface area contributed by atoms with E-state index in [1.165, 1.54) is 22.1 Å². The summed E-state index contributed by atoms with van der Waals surface area (Å²) in [6.45, 7) is 5.38. The SMILES string of the molecule is Cc1cnc(NC(=O)Cc2c(C)nn(-c3ccc(C(F)(F)F)cn3)c2C)s1. The minimum Gasteiger partial charge on any atom is -0.302 e. The van der Waals surface area contributed by atoms with E-state index in [-0.39, 0.29) is 18.1 Å². The molecule has 0 aliphatic rings. The first-order valence-electron chi connectivity index (χ1n) is 7.96. The van der Waals surface area contributed by atoms with E-state index >= 15 is 0 Å². The summed E-state index contributed by atoms with van der Waals surface area (Å²) in [7, 11) is 0. The molecule has 0 aliphatic heterocycles. The summed E-state index contributed by atoms with van der Waals surface area (Å²) in [5.41, 5.74) is 1.12. The molecular formula is C17H16F3N5OS. The molecule has 27 heavy (non-hydrogen) atoms. The number of thiazole rings is 1. The number of pyridine rings is 1. The predicted molar refractivity (Wildman–Crippen MR) is 95.0 cm³/mol. The molecule has 0 bridgehead atoms. The summed E-state index contributed by atoms with van der Waals surface area (Å²) < 4.78 is 39.5. The van der Waals surface area contributed by atoms with Crippen LogP contribution in [-0.4, -0.2) is 25.7 Å². The standard InChI is InChI=1S/C17H16F3N5OS/c1-9-7-22-16(27-9)23-15(26)6-13-10(2)24-25(11(13)3)14-5-4-12(8-21-14)17(18,19)20/h4-5,7-8H,6H2,1-3H3,(H,22,23,26). The fourth-order valence-electron chi connectivity index (χ4n) is 2.57.